The van der Waals surface area contributed by atoms with Crippen LogP contribution in [0, 0.1) is 20.8 Å². The van der Waals surface area contributed by atoms with E-state index in [1.54, 1.807) is 6.92 Å². The van der Waals surface area contributed by atoms with Gasteiger partial charge in [-0.05, 0) is 68.0 Å². The number of urea groups is 1. The van der Waals surface area contributed by atoms with Crippen molar-refractivity contribution in [1.82, 2.24) is 10.2 Å². The summed E-state index contributed by atoms with van der Waals surface area (Å²) in [4.78, 5) is 39.6. The predicted molar refractivity (Wildman–Crippen MR) is 113 cm³/mol. The van der Waals surface area contributed by atoms with Gasteiger partial charge in [-0.15, -0.1) is 0 Å². The van der Waals surface area contributed by atoms with Crippen molar-refractivity contribution in [2.24, 2.45) is 0 Å². The zero-order valence-electron chi connectivity index (χ0n) is 17.8. The summed E-state index contributed by atoms with van der Waals surface area (Å²) >= 11 is 0. The third-order valence-electron chi connectivity index (χ3n) is 5.79. The lowest BCUT2D eigenvalue weighted by Gasteiger charge is -2.22. The van der Waals surface area contributed by atoms with Gasteiger partial charge in [-0.1, -0.05) is 43.7 Å². The van der Waals surface area contributed by atoms with E-state index < -0.39 is 17.5 Å². The number of hydrogen-bond acceptors (Lipinski definition) is 3. The third kappa shape index (κ3) is 3.82. The van der Waals surface area contributed by atoms with Gasteiger partial charge in [-0.3, -0.25) is 14.5 Å². The van der Waals surface area contributed by atoms with Crippen LogP contribution in [0.3, 0.4) is 0 Å². The monoisotopic (exact) mass is 392 g/mol. The van der Waals surface area contributed by atoms with Crippen LogP contribution in [-0.4, -0.2) is 29.2 Å². The van der Waals surface area contributed by atoms with Crippen LogP contribution in [0.1, 0.15) is 58.4 Å². The summed E-state index contributed by atoms with van der Waals surface area (Å²) in [7, 11) is 0. The zero-order chi connectivity index (χ0) is 21.3. The molecule has 5 nitrogen and oxygen atoms in total. The minimum atomic E-state index is -1.17. The lowest BCUT2D eigenvalue weighted by Crippen LogP contribution is -2.41. The van der Waals surface area contributed by atoms with Crippen LogP contribution in [-0.2, 0) is 16.8 Å². The fourth-order valence-electron chi connectivity index (χ4n) is 3.82. The highest BCUT2D eigenvalue weighted by molar-refractivity contribution is 6.11. The van der Waals surface area contributed by atoms with Crippen molar-refractivity contribution in [3.63, 3.8) is 0 Å². The average molecular weight is 392 g/mol. The number of aryl methyl sites for hydroxylation is 4. The Hall–Kier alpha value is -2.95. The van der Waals surface area contributed by atoms with Crippen LogP contribution >= 0.6 is 0 Å². The van der Waals surface area contributed by atoms with Crippen molar-refractivity contribution in [1.29, 1.82) is 0 Å². The van der Waals surface area contributed by atoms with E-state index in [0.717, 1.165) is 34.4 Å². The SMILES string of the molecule is CCCc1ccc([C@]2(C)NC(=O)N(CC(=O)c3cc(C)c(C)cc3C)C2=O)cc1. The highest BCUT2D eigenvalue weighted by Crippen LogP contribution is 2.29. The molecule has 0 unspecified atom stereocenters. The van der Waals surface area contributed by atoms with E-state index in [-0.39, 0.29) is 12.3 Å². The number of imide groups is 1. The van der Waals surface area contributed by atoms with Crippen LogP contribution in [0.15, 0.2) is 36.4 Å². The van der Waals surface area contributed by atoms with Gasteiger partial charge in [0, 0.05) is 5.56 Å². The van der Waals surface area contributed by atoms with Crippen molar-refractivity contribution in [2.75, 3.05) is 6.54 Å². The van der Waals surface area contributed by atoms with Crippen molar-refractivity contribution >= 4 is 17.7 Å². The highest BCUT2D eigenvalue weighted by Gasteiger charge is 2.49. The molecule has 1 aliphatic rings. The molecule has 3 rings (SSSR count). The van der Waals surface area contributed by atoms with Crippen LogP contribution in [0.5, 0.6) is 0 Å². The van der Waals surface area contributed by atoms with Crippen LogP contribution < -0.4 is 5.32 Å². The molecule has 1 saturated heterocycles. The fourth-order valence-corrected chi connectivity index (χ4v) is 3.82. The number of nitrogens with zero attached hydrogens (tertiary/aromatic N) is 1. The second-order valence-corrected chi connectivity index (χ2v) is 8.07. The Bertz CT molecular complexity index is 978. The lowest BCUT2D eigenvalue weighted by atomic mass is 9.90. The summed E-state index contributed by atoms with van der Waals surface area (Å²) in [6.45, 7) is 9.34. The largest absolute Gasteiger partial charge is 0.325 e. The predicted octanol–water partition coefficient (Wildman–Crippen LogP) is 4.21. The summed E-state index contributed by atoms with van der Waals surface area (Å²) in [5.74, 6) is -0.641. The molecule has 0 aliphatic carbocycles. The molecule has 152 valence electrons. The quantitative estimate of drug-likeness (QED) is 0.591. The summed E-state index contributed by atoms with van der Waals surface area (Å²) in [5.41, 5.74) is 4.24. The first kappa shape index (κ1) is 20.8. The first-order chi connectivity index (χ1) is 13.7. The van der Waals surface area contributed by atoms with Gasteiger partial charge in [0.05, 0.1) is 6.54 Å². The van der Waals surface area contributed by atoms with Gasteiger partial charge in [0.2, 0.25) is 0 Å². The van der Waals surface area contributed by atoms with E-state index >= 15 is 0 Å². The smallest absolute Gasteiger partial charge is 0.319 e. The molecule has 1 atom stereocenters. The molecule has 0 aromatic heterocycles. The fraction of sp³-hybridized carbons (Fsp3) is 0.375. The van der Waals surface area contributed by atoms with Crippen LogP contribution in [0.25, 0.3) is 0 Å². The Morgan fingerprint density at radius 2 is 1.62 bits per heavy atom. The van der Waals surface area contributed by atoms with Crippen molar-refractivity contribution < 1.29 is 14.4 Å². The van der Waals surface area contributed by atoms with Crippen molar-refractivity contribution in [3.05, 3.63) is 69.8 Å². The van der Waals surface area contributed by atoms with E-state index in [1.165, 1.54) is 5.56 Å². The molecule has 3 amide bonds. The highest BCUT2D eigenvalue weighted by atomic mass is 16.2. The lowest BCUT2D eigenvalue weighted by molar-refractivity contribution is -0.130. The maximum Gasteiger partial charge on any atom is 0.325 e. The van der Waals surface area contributed by atoms with Gasteiger partial charge in [0.25, 0.3) is 5.91 Å². The van der Waals surface area contributed by atoms with Gasteiger partial charge >= 0.3 is 6.03 Å². The maximum atomic E-state index is 13.1. The summed E-state index contributed by atoms with van der Waals surface area (Å²) in [6.07, 6.45) is 2.01. The average Bonchev–Trinajstić information content (AvgIpc) is 2.89. The van der Waals surface area contributed by atoms with Crippen molar-refractivity contribution in [2.45, 2.75) is 53.0 Å². The molecule has 1 heterocycles. The van der Waals surface area contributed by atoms with Crippen molar-refractivity contribution in [3.8, 4) is 0 Å². The first-order valence-electron chi connectivity index (χ1n) is 10.0. The number of carbonyl (C=O) groups excluding carboxylic acids is 3. The van der Waals surface area contributed by atoms with E-state index in [0.29, 0.717) is 11.1 Å². The normalized spacial score (nSPS) is 18.9. The maximum absolute atomic E-state index is 13.1. The van der Waals surface area contributed by atoms with E-state index in [4.69, 9.17) is 0 Å². The summed E-state index contributed by atoms with van der Waals surface area (Å²) < 4.78 is 0. The molecule has 1 N–H and O–H groups in total. The first-order valence-corrected chi connectivity index (χ1v) is 10.0. The summed E-state index contributed by atoms with van der Waals surface area (Å²) in [5, 5.41) is 2.78. The van der Waals surface area contributed by atoms with Crippen LogP contribution in [0.2, 0.25) is 0 Å². The molecule has 0 bridgehead atoms. The molecule has 5 heteroatoms. The number of benzene rings is 2. The molecule has 2 aromatic rings. The number of rotatable bonds is 6. The molecule has 2 aromatic carbocycles. The Kier molecular flexibility index (Phi) is 5.60. The Balaban J connectivity index is 1.83. The molecule has 0 radical (unpaired) electrons. The zero-order valence-corrected chi connectivity index (χ0v) is 17.8. The molecule has 1 aliphatic heterocycles. The number of ketones is 1. The molecule has 0 saturated carbocycles. The Labute approximate surface area is 172 Å². The standard InChI is InChI=1S/C24H28N2O3/c1-6-7-18-8-10-19(11-9-18)24(5)22(28)26(23(29)25-24)14-21(27)20-13-16(3)15(2)12-17(20)4/h8-13H,6-7,14H2,1-5H3,(H,25,29)/t24-/m0/s1. The number of carbonyl (C=O) groups is 3. The summed E-state index contributed by atoms with van der Waals surface area (Å²) in [6, 6.07) is 11.0. The number of nitrogens with one attached hydrogen (secondary N) is 1. The third-order valence-corrected chi connectivity index (χ3v) is 5.79. The van der Waals surface area contributed by atoms with Gasteiger partial charge < -0.3 is 5.32 Å². The van der Waals surface area contributed by atoms with E-state index in [2.05, 4.69) is 12.2 Å². The topological polar surface area (TPSA) is 66.5 Å². The van der Waals surface area contributed by atoms with Gasteiger partial charge in [0.15, 0.2) is 5.78 Å². The minimum absolute atomic E-state index is 0.239. The molecular formula is C24H28N2O3. The minimum Gasteiger partial charge on any atom is -0.319 e. The second kappa shape index (κ2) is 7.82. The van der Waals surface area contributed by atoms with Gasteiger partial charge in [-0.25, -0.2) is 4.79 Å². The number of Topliss-reactive ketones (excluding diaryl/α,β-unsaturated/α-hetero) is 1. The van der Waals surface area contributed by atoms with Gasteiger partial charge in [0.1, 0.15) is 5.54 Å². The Morgan fingerprint density at radius 3 is 2.24 bits per heavy atom. The molecular weight excluding hydrogens is 364 g/mol. The van der Waals surface area contributed by atoms with Crippen LogP contribution in [0.4, 0.5) is 4.79 Å². The number of amides is 3. The molecule has 0 spiro atoms. The molecule has 1 fully saturated rings. The van der Waals surface area contributed by atoms with E-state index in [1.807, 2.05) is 57.2 Å². The Morgan fingerprint density at radius 1 is 1.00 bits per heavy atom. The number of hydrogen-bond donors (Lipinski definition) is 1. The molecule has 29 heavy (non-hydrogen) atoms. The van der Waals surface area contributed by atoms with E-state index in [9.17, 15) is 14.4 Å². The van der Waals surface area contributed by atoms with Gasteiger partial charge in [-0.2, -0.15) is 0 Å². The second-order valence-electron chi connectivity index (χ2n) is 8.07.